The Morgan fingerprint density at radius 3 is 2.57 bits per heavy atom. The van der Waals surface area contributed by atoms with Gasteiger partial charge < -0.3 is 9.64 Å². The van der Waals surface area contributed by atoms with Gasteiger partial charge in [-0.1, -0.05) is 18.5 Å². The van der Waals surface area contributed by atoms with Gasteiger partial charge in [-0.3, -0.25) is 4.90 Å². The predicted molar refractivity (Wildman–Crippen MR) is 109 cm³/mol. The first-order valence-corrected chi connectivity index (χ1v) is 10.3. The number of carbonyl (C=O) groups excluding carboxylic acids is 1. The summed E-state index contributed by atoms with van der Waals surface area (Å²) in [4.78, 5) is 24.9. The monoisotopic (exact) mass is 470 g/mol. The normalized spacial score (nSPS) is 24.3. The number of ether oxygens (including phenoxy) is 1. The number of halogens is 3. The minimum atomic E-state index is -0.533. The summed E-state index contributed by atoms with van der Waals surface area (Å²) in [5.41, 5.74) is -0.313. The van der Waals surface area contributed by atoms with E-state index in [0.717, 1.165) is 0 Å². The molecule has 2 atom stereocenters. The summed E-state index contributed by atoms with van der Waals surface area (Å²) in [6.45, 7) is 8.91. The molecule has 0 aliphatic carbocycles. The standard InChI is InChI=1S/C19H21BrClFN4O2/c1-9-12-6-25(7-13(9)26(12)18(27)28-19(2,3)4)17-10-5-11(21)14(20)15(22)16(10)23-8-24-17/h5,8-9,12-13H,6-7H2,1-4H3. The van der Waals surface area contributed by atoms with E-state index in [1.165, 1.54) is 6.33 Å². The van der Waals surface area contributed by atoms with Crippen LogP contribution >= 0.6 is 27.5 Å². The zero-order valence-corrected chi connectivity index (χ0v) is 18.4. The van der Waals surface area contributed by atoms with Gasteiger partial charge >= 0.3 is 6.09 Å². The van der Waals surface area contributed by atoms with E-state index in [9.17, 15) is 9.18 Å². The number of hydrogen-bond donors (Lipinski definition) is 0. The predicted octanol–water partition coefficient (Wildman–Crippen LogP) is 4.63. The molecule has 0 N–H and O–H groups in total. The van der Waals surface area contributed by atoms with Crippen LogP contribution in [0.1, 0.15) is 27.7 Å². The van der Waals surface area contributed by atoms with E-state index >= 15 is 0 Å². The second kappa shape index (κ2) is 6.69. The highest BCUT2D eigenvalue weighted by Gasteiger charge is 2.54. The molecule has 2 bridgehead atoms. The van der Waals surface area contributed by atoms with Gasteiger partial charge in [0, 0.05) is 24.4 Å². The van der Waals surface area contributed by atoms with Crippen LogP contribution in [0, 0.1) is 11.7 Å². The highest BCUT2D eigenvalue weighted by atomic mass is 79.9. The third-order valence-electron chi connectivity index (χ3n) is 5.39. The second-order valence-electron chi connectivity index (χ2n) is 8.37. The minimum absolute atomic E-state index is 0.0226. The molecule has 2 unspecified atom stereocenters. The molecule has 150 valence electrons. The van der Waals surface area contributed by atoms with E-state index in [-0.39, 0.29) is 33.2 Å². The Balaban J connectivity index is 1.63. The Bertz CT molecular complexity index is 953. The van der Waals surface area contributed by atoms with E-state index in [4.69, 9.17) is 16.3 Å². The molecule has 28 heavy (non-hydrogen) atoms. The van der Waals surface area contributed by atoms with E-state index in [0.29, 0.717) is 30.2 Å². The molecule has 3 aliphatic heterocycles. The zero-order valence-electron chi connectivity index (χ0n) is 16.0. The highest BCUT2D eigenvalue weighted by molar-refractivity contribution is 9.10. The smallest absolute Gasteiger partial charge is 0.410 e. The molecule has 0 saturated carbocycles. The summed E-state index contributed by atoms with van der Waals surface area (Å²) in [5.74, 6) is 0.493. The summed E-state index contributed by atoms with van der Waals surface area (Å²) in [7, 11) is 0. The number of piperidine rings is 1. The number of fused-ring (bicyclic) bond motifs is 3. The summed E-state index contributed by atoms with van der Waals surface area (Å²) in [6.07, 6.45) is 1.07. The number of aromatic nitrogens is 2. The van der Waals surface area contributed by atoms with Gasteiger partial charge in [0.05, 0.1) is 21.6 Å². The lowest BCUT2D eigenvalue weighted by atomic mass is 9.77. The van der Waals surface area contributed by atoms with Gasteiger partial charge in [-0.2, -0.15) is 0 Å². The lowest BCUT2D eigenvalue weighted by Gasteiger charge is -2.60. The van der Waals surface area contributed by atoms with Crippen molar-refractivity contribution in [3.05, 3.63) is 27.7 Å². The van der Waals surface area contributed by atoms with Gasteiger partial charge in [0.1, 0.15) is 23.3 Å². The van der Waals surface area contributed by atoms with E-state index < -0.39 is 11.4 Å². The summed E-state index contributed by atoms with van der Waals surface area (Å²) in [5, 5.41) is 0.831. The van der Waals surface area contributed by atoms with Gasteiger partial charge in [-0.05, 0) is 42.8 Å². The second-order valence-corrected chi connectivity index (χ2v) is 9.57. The molecule has 9 heteroatoms. The fraction of sp³-hybridized carbons (Fsp3) is 0.526. The van der Waals surface area contributed by atoms with Gasteiger partial charge in [-0.25, -0.2) is 19.2 Å². The summed E-state index contributed by atoms with van der Waals surface area (Å²) in [6, 6.07) is 1.72. The Morgan fingerprint density at radius 2 is 1.96 bits per heavy atom. The Kier molecular flexibility index (Phi) is 4.69. The quantitative estimate of drug-likeness (QED) is 0.568. The fourth-order valence-corrected chi connectivity index (χ4v) is 4.54. The number of piperazine rings is 1. The average molecular weight is 472 g/mol. The molecule has 6 nitrogen and oxygen atoms in total. The highest BCUT2D eigenvalue weighted by Crippen LogP contribution is 2.42. The Labute approximate surface area is 176 Å². The Morgan fingerprint density at radius 1 is 1.32 bits per heavy atom. The van der Waals surface area contributed by atoms with E-state index in [1.807, 2.05) is 25.7 Å². The molecule has 2 aromatic rings. The summed E-state index contributed by atoms with van der Waals surface area (Å²) < 4.78 is 20.3. The Hall–Kier alpha value is -1.67. The number of hydrogen-bond acceptors (Lipinski definition) is 5. The van der Waals surface area contributed by atoms with Crippen LogP contribution in [-0.2, 0) is 4.74 Å². The van der Waals surface area contributed by atoms with Gasteiger partial charge in [0.2, 0.25) is 0 Å². The molecule has 3 fully saturated rings. The molecule has 4 heterocycles. The van der Waals surface area contributed by atoms with Crippen LogP contribution < -0.4 is 4.90 Å². The zero-order chi connectivity index (χ0) is 20.4. The maximum atomic E-state index is 14.6. The van der Waals surface area contributed by atoms with Crippen molar-refractivity contribution >= 4 is 50.3 Å². The molecule has 3 aliphatic rings. The SMILES string of the molecule is CC1C2CN(c3ncnc4c(F)c(Br)c(Cl)cc34)CC1N2C(=O)OC(C)(C)C. The fourth-order valence-electron chi connectivity index (χ4n) is 4.05. The van der Waals surface area contributed by atoms with Crippen molar-refractivity contribution in [2.45, 2.75) is 45.4 Å². The van der Waals surface area contributed by atoms with Crippen LogP contribution in [0.3, 0.4) is 0 Å². The van der Waals surface area contributed by atoms with Crippen LogP contribution in [0.2, 0.25) is 5.02 Å². The topological polar surface area (TPSA) is 58.6 Å². The first kappa shape index (κ1) is 19.6. The van der Waals surface area contributed by atoms with Crippen molar-refractivity contribution in [2.24, 2.45) is 5.92 Å². The van der Waals surface area contributed by atoms with Crippen LogP contribution in [0.15, 0.2) is 16.9 Å². The van der Waals surface area contributed by atoms with Crippen LogP contribution in [0.4, 0.5) is 15.0 Å². The van der Waals surface area contributed by atoms with Crippen molar-refractivity contribution in [3.63, 3.8) is 0 Å². The molecule has 0 spiro atoms. The number of amides is 1. The molecular weight excluding hydrogens is 451 g/mol. The van der Waals surface area contributed by atoms with Crippen LogP contribution in [0.5, 0.6) is 0 Å². The molecule has 5 rings (SSSR count). The third kappa shape index (κ3) is 3.10. The first-order valence-electron chi connectivity index (χ1n) is 9.13. The molecule has 1 aromatic carbocycles. The maximum Gasteiger partial charge on any atom is 0.410 e. The van der Waals surface area contributed by atoms with Crippen LogP contribution in [-0.4, -0.2) is 51.7 Å². The average Bonchev–Trinajstić information content (AvgIpc) is 2.63. The largest absolute Gasteiger partial charge is 0.444 e. The molecular formula is C19H21BrClFN4O2. The van der Waals surface area contributed by atoms with Crippen molar-refractivity contribution < 1.29 is 13.9 Å². The summed E-state index contributed by atoms with van der Waals surface area (Å²) >= 11 is 9.31. The number of benzene rings is 1. The van der Waals surface area contributed by atoms with Crippen LogP contribution in [0.25, 0.3) is 10.9 Å². The van der Waals surface area contributed by atoms with Crippen molar-refractivity contribution in [3.8, 4) is 0 Å². The minimum Gasteiger partial charge on any atom is -0.444 e. The van der Waals surface area contributed by atoms with E-state index in [1.54, 1.807) is 6.07 Å². The first-order chi connectivity index (χ1) is 13.1. The van der Waals surface area contributed by atoms with Gasteiger partial charge in [0.25, 0.3) is 0 Å². The van der Waals surface area contributed by atoms with Gasteiger partial charge in [-0.15, -0.1) is 0 Å². The third-order valence-corrected chi connectivity index (χ3v) is 6.69. The van der Waals surface area contributed by atoms with Crippen molar-refractivity contribution in [1.82, 2.24) is 14.9 Å². The number of carbonyl (C=O) groups is 1. The molecule has 3 saturated heterocycles. The lowest BCUT2D eigenvalue weighted by Crippen LogP contribution is -2.75. The number of rotatable bonds is 1. The number of nitrogens with zero attached hydrogens (tertiary/aromatic N) is 4. The van der Waals surface area contributed by atoms with Crippen molar-refractivity contribution in [2.75, 3.05) is 18.0 Å². The van der Waals surface area contributed by atoms with Crippen molar-refractivity contribution in [1.29, 1.82) is 0 Å². The molecule has 0 radical (unpaired) electrons. The molecule has 1 amide bonds. The van der Waals surface area contributed by atoms with Gasteiger partial charge in [0.15, 0.2) is 5.82 Å². The lowest BCUT2D eigenvalue weighted by molar-refractivity contribution is -0.0719. The van der Waals surface area contributed by atoms with E-state index in [2.05, 4.69) is 37.7 Å². The molecule has 1 aromatic heterocycles. The number of anilines is 1. The maximum absolute atomic E-state index is 14.6.